The van der Waals surface area contributed by atoms with Crippen molar-refractivity contribution in [2.75, 3.05) is 7.11 Å². The minimum atomic E-state index is 0.659. The molecule has 0 spiro atoms. The molecule has 0 N–H and O–H groups in total. The summed E-state index contributed by atoms with van der Waals surface area (Å²) in [5, 5.41) is 0. The van der Waals surface area contributed by atoms with Gasteiger partial charge in [-0.15, -0.1) is 0 Å². The molecule has 70 valence electrons. The van der Waals surface area contributed by atoms with Crippen LogP contribution in [0.2, 0.25) is 0 Å². The Bertz CT molecular complexity index is 244. The maximum Gasteiger partial charge on any atom is 0.106 e. The van der Waals surface area contributed by atoms with Gasteiger partial charge in [-0.25, -0.2) is 0 Å². The van der Waals surface area contributed by atoms with Gasteiger partial charge in [0.15, 0.2) is 0 Å². The van der Waals surface area contributed by atoms with Crippen LogP contribution in [0.4, 0.5) is 0 Å². The maximum atomic E-state index is 4.56. The highest BCUT2D eigenvalue weighted by Crippen LogP contribution is 2.11. The Kier molecular flexibility index (Phi) is 6.45. The van der Waals surface area contributed by atoms with Crippen LogP contribution in [0.1, 0.15) is 25.3 Å². The van der Waals surface area contributed by atoms with Crippen LogP contribution in [0.25, 0.3) is 0 Å². The van der Waals surface area contributed by atoms with Crippen molar-refractivity contribution in [3.63, 3.8) is 0 Å². The Morgan fingerprint density at radius 3 is 1.92 bits per heavy atom. The monoisotopic (exact) mass is 176 g/mol. The van der Waals surface area contributed by atoms with E-state index in [4.69, 9.17) is 0 Å². The van der Waals surface area contributed by atoms with Crippen molar-refractivity contribution >= 4 is 0 Å². The van der Waals surface area contributed by atoms with Crippen LogP contribution < -0.4 is 0 Å². The van der Waals surface area contributed by atoms with Crippen LogP contribution >= 0.6 is 0 Å². The standard InChI is InChI=1S/C9H12.C3H4O/c1-8(2)9-6-4-3-5-7-9;1-3-4-2/h3-8H,1-2H3;1H,2H3. The molecule has 13 heavy (non-hydrogen) atoms. The fourth-order valence-electron chi connectivity index (χ4n) is 0.838. The number of ether oxygens (including phenoxy) is 1. The zero-order valence-electron chi connectivity index (χ0n) is 8.45. The molecule has 0 radical (unpaired) electrons. The molecule has 1 heteroatoms. The highest BCUT2D eigenvalue weighted by molar-refractivity contribution is 5.17. The molecule has 0 aliphatic carbocycles. The van der Waals surface area contributed by atoms with Crippen LogP contribution in [-0.4, -0.2) is 7.11 Å². The molecule has 1 nitrogen and oxygen atoms in total. The second-order valence-corrected chi connectivity index (χ2v) is 2.89. The maximum absolute atomic E-state index is 4.56. The van der Waals surface area contributed by atoms with Crippen molar-refractivity contribution in [1.82, 2.24) is 0 Å². The fraction of sp³-hybridized carbons (Fsp3) is 0.333. The number of benzene rings is 1. The zero-order valence-corrected chi connectivity index (χ0v) is 8.45. The molecular weight excluding hydrogens is 160 g/mol. The molecule has 0 aliphatic rings. The van der Waals surface area contributed by atoms with Gasteiger partial charge in [0.05, 0.1) is 7.11 Å². The first-order valence-corrected chi connectivity index (χ1v) is 4.26. The normalized spacial score (nSPS) is 8.23. The second kappa shape index (κ2) is 7.24. The highest BCUT2D eigenvalue weighted by atomic mass is 16.5. The topological polar surface area (TPSA) is 9.23 Å². The lowest BCUT2D eigenvalue weighted by molar-refractivity contribution is 0.373. The van der Waals surface area contributed by atoms with E-state index in [9.17, 15) is 0 Å². The van der Waals surface area contributed by atoms with E-state index < -0.39 is 0 Å². The van der Waals surface area contributed by atoms with Crippen LogP contribution in [0, 0.1) is 12.5 Å². The first-order valence-electron chi connectivity index (χ1n) is 4.26. The van der Waals surface area contributed by atoms with E-state index in [1.807, 2.05) is 12.2 Å². The summed E-state index contributed by atoms with van der Waals surface area (Å²) in [6.07, 6.45) is 6.49. The molecule has 0 saturated carbocycles. The molecule has 0 unspecified atom stereocenters. The lowest BCUT2D eigenvalue weighted by Crippen LogP contribution is -1.83. The fourth-order valence-corrected chi connectivity index (χ4v) is 0.838. The Balaban J connectivity index is 0.000000310. The smallest absolute Gasteiger partial charge is 0.106 e. The van der Waals surface area contributed by atoms with E-state index in [-0.39, 0.29) is 0 Å². The molecular formula is C12H16O. The van der Waals surface area contributed by atoms with E-state index >= 15 is 0 Å². The van der Waals surface area contributed by atoms with E-state index in [0.29, 0.717) is 5.92 Å². The summed E-state index contributed by atoms with van der Waals surface area (Å²) >= 11 is 0. The lowest BCUT2D eigenvalue weighted by atomic mass is 10.0. The van der Waals surface area contributed by atoms with Crippen LogP contribution in [0.5, 0.6) is 0 Å². The average molecular weight is 176 g/mol. The Morgan fingerprint density at radius 2 is 1.69 bits per heavy atom. The molecule has 0 atom stereocenters. The third kappa shape index (κ3) is 5.81. The van der Waals surface area contributed by atoms with Gasteiger partial charge in [-0.2, -0.15) is 0 Å². The van der Waals surface area contributed by atoms with Gasteiger partial charge in [0.25, 0.3) is 0 Å². The largest absolute Gasteiger partial charge is 0.450 e. The summed E-state index contributed by atoms with van der Waals surface area (Å²) in [7, 11) is 1.44. The minimum absolute atomic E-state index is 0.659. The molecule has 0 heterocycles. The lowest BCUT2D eigenvalue weighted by Gasteiger charge is -2.01. The van der Waals surface area contributed by atoms with Gasteiger partial charge in [0, 0.05) is 0 Å². The van der Waals surface area contributed by atoms with Gasteiger partial charge in [0.1, 0.15) is 6.11 Å². The van der Waals surface area contributed by atoms with Crippen molar-refractivity contribution in [2.45, 2.75) is 19.8 Å². The summed E-state index contributed by atoms with van der Waals surface area (Å²) < 4.78 is 4.07. The SMILES string of the molecule is C#COC.CC(C)c1ccccc1. The minimum Gasteiger partial charge on any atom is -0.450 e. The number of hydrogen-bond acceptors (Lipinski definition) is 1. The molecule has 0 amide bonds. The van der Waals surface area contributed by atoms with Crippen LogP contribution in [0.3, 0.4) is 0 Å². The number of methoxy groups -OCH3 is 1. The van der Waals surface area contributed by atoms with Crippen molar-refractivity contribution in [2.24, 2.45) is 0 Å². The summed E-state index contributed by atoms with van der Waals surface area (Å²) in [5.41, 5.74) is 1.41. The van der Waals surface area contributed by atoms with E-state index in [1.54, 1.807) is 0 Å². The summed E-state index contributed by atoms with van der Waals surface area (Å²) in [4.78, 5) is 0. The highest BCUT2D eigenvalue weighted by Gasteiger charge is 1.93. The first-order chi connectivity index (χ1) is 6.22. The van der Waals surface area contributed by atoms with Crippen molar-refractivity contribution in [1.29, 1.82) is 0 Å². The summed E-state index contributed by atoms with van der Waals surface area (Å²) in [5.74, 6) is 0.659. The predicted octanol–water partition coefficient (Wildman–Crippen LogP) is 3.03. The Morgan fingerprint density at radius 1 is 1.23 bits per heavy atom. The van der Waals surface area contributed by atoms with Crippen LogP contribution in [-0.2, 0) is 4.74 Å². The Labute approximate surface area is 80.7 Å². The van der Waals surface area contributed by atoms with Gasteiger partial charge in [-0.1, -0.05) is 50.6 Å². The van der Waals surface area contributed by atoms with Crippen molar-refractivity contribution < 1.29 is 4.74 Å². The summed E-state index contributed by atoms with van der Waals surface area (Å²) in [6, 6.07) is 10.5. The van der Waals surface area contributed by atoms with Gasteiger partial charge in [0.2, 0.25) is 0 Å². The second-order valence-electron chi connectivity index (χ2n) is 2.89. The molecule has 1 rings (SSSR count). The number of terminal acetylenes is 1. The summed E-state index contributed by atoms with van der Waals surface area (Å²) in [6.45, 7) is 4.41. The first kappa shape index (κ1) is 11.6. The van der Waals surface area contributed by atoms with Crippen molar-refractivity contribution in [3.8, 4) is 12.5 Å². The Hall–Kier alpha value is -1.42. The van der Waals surface area contributed by atoms with Gasteiger partial charge >= 0.3 is 0 Å². The third-order valence-electron chi connectivity index (χ3n) is 1.58. The molecule has 1 aromatic carbocycles. The molecule has 0 saturated heterocycles. The quantitative estimate of drug-likeness (QED) is 0.598. The van der Waals surface area contributed by atoms with Gasteiger partial charge in [-0.3, -0.25) is 0 Å². The average Bonchev–Trinajstić information content (AvgIpc) is 2.19. The molecule has 0 fully saturated rings. The number of rotatable bonds is 1. The van der Waals surface area contributed by atoms with Crippen LogP contribution in [0.15, 0.2) is 30.3 Å². The predicted molar refractivity (Wildman–Crippen MR) is 56.4 cm³/mol. The van der Waals surface area contributed by atoms with Gasteiger partial charge < -0.3 is 4.74 Å². The molecule has 0 bridgehead atoms. The van der Waals surface area contributed by atoms with E-state index in [0.717, 1.165) is 0 Å². The zero-order chi connectivity index (χ0) is 10.1. The molecule has 1 aromatic rings. The molecule has 0 aliphatic heterocycles. The molecule has 0 aromatic heterocycles. The van der Waals surface area contributed by atoms with E-state index in [1.165, 1.54) is 12.7 Å². The van der Waals surface area contributed by atoms with Gasteiger partial charge in [-0.05, 0) is 11.5 Å². The third-order valence-corrected chi connectivity index (χ3v) is 1.58. The number of hydrogen-bond donors (Lipinski definition) is 0. The van der Waals surface area contributed by atoms with Crippen molar-refractivity contribution in [3.05, 3.63) is 35.9 Å². The van der Waals surface area contributed by atoms with E-state index in [2.05, 4.69) is 49.3 Å².